The Morgan fingerprint density at radius 3 is 2.00 bits per heavy atom. The second-order valence-corrected chi connectivity index (χ2v) is 10.3. The van der Waals surface area contributed by atoms with Gasteiger partial charge in [0.15, 0.2) is 11.5 Å². The van der Waals surface area contributed by atoms with Crippen LogP contribution < -0.4 is 18.9 Å². The van der Waals surface area contributed by atoms with Crippen LogP contribution in [-0.4, -0.2) is 69.4 Å². The number of hydrogen-bond acceptors (Lipinski definition) is 8. The van der Waals surface area contributed by atoms with Gasteiger partial charge in [0.25, 0.3) is 11.7 Å². The van der Waals surface area contributed by atoms with Crippen LogP contribution in [0, 0.1) is 6.92 Å². The molecule has 0 aromatic heterocycles. The molecule has 3 rings (SSSR count). The number of likely N-dealkylation sites (tertiary alicyclic amines) is 1. The van der Waals surface area contributed by atoms with E-state index < -0.39 is 17.7 Å². The Hall–Kier alpha value is -3.72. The van der Waals surface area contributed by atoms with Crippen molar-refractivity contribution in [2.75, 3.05) is 41.6 Å². The molecule has 1 amide bonds. The highest BCUT2D eigenvalue weighted by Gasteiger charge is 2.46. The van der Waals surface area contributed by atoms with Gasteiger partial charge < -0.3 is 33.7 Å². The second-order valence-electron chi connectivity index (χ2n) is 10.3. The number of aliphatic hydroxyl groups is 1. The van der Waals surface area contributed by atoms with Crippen molar-refractivity contribution in [3.8, 4) is 23.0 Å². The van der Waals surface area contributed by atoms with Crippen molar-refractivity contribution >= 4 is 17.4 Å². The molecule has 0 radical (unpaired) electrons. The number of carbonyl (C=O) groups is 2. The number of nitrogens with zero attached hydrogens (tertiary/aromatic N) is 1. The Labute approximate surface area is 236 Å². The van der Waals surface area contributed by atoms with Crippen molar-refractivity contribution in [3.05, 3.63) is 52.1 Å². The standard InChI is InChI=1S/C31H41NO8/c1-17(2)21-16-22(19(5)13-23(21)36-6)28(33)26-27(20-14-24(37-7)30(39-9)25(15-20)38-8)32(31(35)29(26)34)11-10-12-40-18(3)4/h13-18,27,33H,10-12H2,1-9H3/b28-26+. The Morgan fingerprint density at radius 1 is 0.900 bits per heavy atom. The molecule has 1 unspecified atom stereocenters. The fraction of sp³-hybridized carbons (Fsp3) is 0.484. The van der Waals surface area contributed by atoms with Gasteiger partial charge in [0.1, 0.15) is 11.5 Å². The van der Waals surface area contributed by atoms with E-state index in [2.05, 4.69) is 0 Å². The number of amides is 1. The quantitative estimate of drug-likeness (QED) is 0.161. The average molecular weight is 556 g/mol. The zero-order valence-corrected chi connectivity index (χ0v) is 24.9. The van der Waals surface area contributed by atoms with Gasteiger partial charge in [-0.1, -0.05) is 13.8 Å². The first-order chi connectivity index (χ1) is 19.0. The summed E-state index contributed by atoms with van der Waals surface area (Å²) in [7, 11) is 6.09. The highest BCUT2D eigenvalue weighted by molar-refractivity contribution is 6.46. The molecule has 1 heterocycles. The summed E-state index contributed by atoms with van der Waals surface area (Å²) in [6.45, 7) is 10.4. The van der Waals surface area contributed by atoms with E-state index in [1.54, 1.807) is 19.2 Å². The number of rotatable bonds is 12. The maximum atomic E-state index is 13.6. The van der Waals surface area contributed by atoms with Gasteiger partial charge in [-0.15, -0.1) is 0 Å². The predicted octanol–water partition coefficient (Wildman–Crippen LogP) is 5.39. The molecule has 1 N–H and O–H groups in total. The minimum atomic E-state index is -0.892. The lowest BCUT2D eigenvalue weighted by molar-refractivity contribution is -0.140. The summed E-state index contributed by atoms with van der Waals surface area (Å²) in [6, 6.07) is 6.16. The number of ether oxygens (including phenoxy) is 5. The van der Waals surface area contributed by atoms with Crippen molar-refractivity contribution in [2.45, 2.75) is 59.1 Å². The number of benzene rings is 2. The molecule has 2 aromatic rings. The van der Waals surface area contributed by atoms with Gasteiger partial charge in [-0.2, -0.15) is 0 Å². The molecular formula is C31H41NO8. The molecule has 0 saturated carbocycles. The van der Waals surface area contributed by atoms with Crippen LogP contribution in [0.4, 0.5) is 0 Å². The zero-order chi connectivity index (χ0) is 29.7. The largest absolute Gasteiger partial charge is 0.507 e. The summed E-state index contributed by atoms with van der Waals surface area (Å²) in [4.78, 5) is 28.5. The van der Waals surface area contributed by atoms with E-state index in [4.69, 9.17) is 23.7 Å². The highest BCUT2D eigenvalue weighted by Crippen LogP contribution is 2.46. The third-order valence-corrected chi connectivity index (χ3v) is 6.99. The van der Waals surface area contributed by atoms with E-state index in [1.165, 1.54) is 26.2 Å². The maximum absolute atomic E-state index is 13.6. The number of hydrogen-bond donors (Lipinski definition) is 1. The molecule has 0 bridgehead atoms. The minimum Gasteiger partial charge on any atom is -0.507 e. The van der Waals surface area contributed by atoms with Crippen LogP contribution >= 0.6 is 0 Å². The molecular weight excluding hydrogens is 514 g/mol. The monoisotopic (exact) mass is 555 g/mol. The number of ketones is 1. The number of methoxy groups -OCH3 is 4. The highest BCUT2D eigenvalue weighted by atomic mass is 16.5. The summed E-state index contributed by atoms with van der Waals surface area (Å²) >= 11 is 0. The molecule has 1 fully saturated rings. The topological polar surface area (TPSA) is 104 Å². The van der Waals surface area contributed by atoms with Crippen LogP contribution in [0.25, 0.3) is 5.76 Å². The fourth-order valence-electron chi connectivity index (χ4n) is 5.00. The summed E-state index contributed by atoms with van der Waals surface area (Å²) < 4.78 is 27.8. The van der Waals surface area contributed by atoms with Gasteiger partial charge in [0.2, 0.25) is 5.75 Å². The number of aryl methyl sites for hydroxylation is 1. The first kappa shape index (κ1) is 30.8. The molecule has 1 aliphatic heterocycles. The lowest BCUT2D eigenvalue weighted by atomic mass is 9.90. The predicted molar refractivity (Wildman–Crippen MR) is 153 cm³/mol. The molecule has 0 aliphatic carbocycles. The lowest BCUT2D eigenvalue weighted by Gasteiger charge is -2.27. The van der Waals surface area contributed by atoms with Gasteiger partial charge in [-0.05, 0) is 74.1 Å². The average Bonchev–Trinajstić information content (AvgIpc) is 3.18. The Kier molecular flexibility index (Phi) is 10.1. The summed E-state index contributed by atoms with van der Waals surface area (Å²) in [5, 5.41) is 11.7. The van der Waals surface area contributed by atoms with E-state index in [0.29, 0.717) is 52.7 Å². The van der Waals surface area contributed by atoms with Crippen molar-refractivity contribution < 1.29 is 38.4 Å². The molecule has 40 heavy (non-hydrogen) atoms. The molecule has 9 heteroatoms. The van der Waals surface area contributed by atoms with Crippen LogP contribution in [0.15, 0.2) is 29.8 Å². The first-order valence-electron chi connectivity index (χ1n) is 13.4. The van der Waals surface area contributed by atoms with E-state index in [-0.39, 0.29) is 29.9 Å². The van der Waals surface area contributed by atoms with Crippen LogP contribution in [-0.2, 0) is 14.3 Å². The van der Waals surface area contributed by atoms with Crippen LogP contribution in [0.1, 0.15) is 68.3 Å². The summed E-state index contributed by atoms with van der Waals surface area (Å²) in [6.07, 6.45) is 0.542. The molecule has 1 aliphatic rings. The molecule has 1 atom stereocenters. The normalized spacial score (nSPS) is 16.7. The maximum Gasteiger partial charge on any atom is 0.295 e. The van der Waals surface area contributed by atoms with Crippen LogP contribution in [0.3, 0.4) is 0 Å². The zero-order valence-electron chi connectivity index (χ0n) is 24.9. The smallest absolute Gasteiger partial charge is 0.295 e. The van der Waals surface area contributed by atoms with Gasteiger partial charge >= 0.3 is 0 Å². The third kappa shape index (κ3) is 6.04. The molecule has 218 valence electrons. The summed E-state index contributed by atoms with van der Waals surface area (Å²) in [5.74, 6) is 0.194. The van der Waals surface area contributed by atoms with Gasteiger partial charge in [0.05, 0.1) is 46.2 Å². The van der Waals surface area contributed by atoms with Crippen molar-refractivity contribution in [3.63, 3.8) is 0 Å². The lowest BCUT2D eigenvalue weighted by Crippen LogP contribution is -2.31. The van der Waals surface area contributed by atoms with Gasteiger partial charge in [-0.3, -0.25) is 9.59 Å². The van der Waals surface area contributed by atoms with Gasteiger partial charge in [-0.25, -0.2) is 0 Å². The number of Topliss-reactive ketones (excluding diaryl/α,β-unsaturated/α-hetero) is 1. The van der Waals surface area contributed by atoms with Crippen molar-refractivity contribution in [2.24, 2.45) is 0 Å². The summed E-state index contributed by atoms with van der Waals surface area (Å²) in [5.41, 5.74) is 2.57. The number of aliphatic hydroxyl groups excluding tert-OH is 1. The number of carbonyl (C=O) groups excluding carboxylic acids is 2. The van der Waals surface area contributed by atoms with Crippen molar-refractivity contribution in [1.82, 2.24) is 4.90 Å². The fourth-order valence-corrected chi connectivity index (χ4v) is 5.00. The van der Waals surface area contributed by atoms with E-state index in [1.807, 2.05) is 46.8 Å². The molecule has 2 aromatic carbocycles. The van der Waals surface area contributed by atoms with Crippen LogP contribution in [0.5, 0.6) is 23.0 Å². The molecule has 1 saturated heterocycles. The van der Waals surface area contributed by atoms with Crippen molar-refractivity contribution in [1.29, 1.82) is 0 Å². The third-order valence-electron chi connectivity index (χ3n) is 6.99. The van der Waals surface area contributed by atoms with E-state index in [9.17, 15) is 14.7 Å². The van der Waals surface area contributed by atoms with Gasteiger partial charge in [0, 0.05) is 18.7 Å². The molecule has 0 spiro atoms. The Morgan fingerprint density at radius 2 is 1.50 bits per heavy atom. The SMILES string of the molecule is COc1cc(C)c(/C(O)=C2\C(=O)C(=O)N(CCCOC(C)C)C2c2cc(OC)c(OC)c(OC)c2)cc1C(C)C. The second kappa shape index (κ2) is 13.1. The minimum absolute atomic E-state index is 0.00739. The van der Waals surface area contributed by atoms with E-state index in [0.717, 1.165) is 5.56 Å². The first-order valence-corrected chi connectivity index (χ1v) is 13.4. The van der Waals surface area contributed by atoms with E-state index >= 15 is 0 Å². The Balaban J connectivity index is 2.27. The Bertz CT molecular complexity index is 1260. The molecule has 9 nitrogen and oxygen atoms in total. The van der Waals surface area contributed by atoms with Crippen LogP contribution in [0.2, 0.25) is 0 Å².